The smallest absolute Gasteiger partial charge is 0.123 e. The van der Waals surface area contributed by atoms with Gasteiger partial charge in [0, 0.05) is 10.7 Å². The molecule has 114 valence electrons. The zero-order chi connectivity index (χ0) is 16.1. The van der Waals surface area contributed by atoms with Crippen LogP contribution in [0.2, 0.25) is 0 Å². The molecule has 0 heterocycles. The fourth-order valence-electron chi connectivity index (χ4n) is 2.37. The molecule has 3 heteroatoms. The van der Waals surface area contributed by atoms with Gasteiger partial charge in [0.05, 0.1) is 0 Å². The van der Waals surface area contributed by atoms with Gasteiger partial charge < -0.3 is 5.73 Å². The maximum absolute atomic E-state index is 6.11. The van der Waals surface area contributed by atoms with Crippen LogP contribution in [0, 0.1) is 0 Å². The van der Waals surface area contributed by atoms with Crippen molar-refractivity contribution in [2.45, 2.75) is 6.17 Å². The van der Waals surface area contributed by atoms with E-state index < -0.39 is 0 Å². The summed E-state index contributed by atoms with van der Waals surface area (Å²) in [6.07, 6.45) is 1.49. The van der Waals surface area contributed by atoms with E-state index in [0.29, 0.717) is 0 Å². The largest absolute Gasteiger partial charge is 0.306 e. The zero-order valence-corrected chi connectivity index (χ0v) is 14.1. The molecule has 3 aromatic carbocycles. The van der Waals surface area contributed by atoms with E-state index in [2.05, 4.69) is 45.2 Å². The Kier molecular flexibility index (Phi) is 5.01. The minimum absolute atomic E-state index is 0.342. The first-order valence-corrected chi connectivity index (χ1v) is 8.21. The molecule has 0 saturated heterocycles. The Balaban J connectivity index is 1.82. The van der Waals surface area contributed by atoms with E-state index in [0.717, 1.165) is 21.2 Å². The van der Waals surface area contributed by atoms with Crippen LogP contribution in [0.5, 0.6) is 0 Å². The third-order valence-corrected chi connectivity index (χ3v) is 4.06. The van der Waals surface area contributed by atoms with Crippen molar-refractivity contribution in [1.29, 1.82) is 0 Å². The van der Waals surface area contributed by atoms with Crippen LogP contribution in [-0.4, -0.2) is 6.21 Å². The summed E-state index contributed by atoms with van der Waals surface area (Å²) in [5, 5.41) is 0. The number of benzene rings is 3. The molecule has 0 saturated carbocycles. The van der Waals surface area contributed by atoms with Crippen LogP contribution in [0.4, 0.5) is 0 Å². The number of hydrogen-bond donors (Lipinski definition) is 1. The van der Waals surface area contributed by atoms with Gasteiger partial charge >= 0.3 is 0 Å². The molecule has 0 spiro atoms. The maximum Gasteiger partial charge on any atom is 0.123 e. The Morgan fingerprint density at radius 2 is 1.52 bits per heavy atom. The summed E-state index contributed by atoms with van der Waals surface area (Å²) >= 11 is 3.51. The lowest BCUT2D eigenvalue weighted by molar-refractivity contribution is 0.780. The van der Waals surface area contributed by atoms with Crippen LogP contribution < -0.4 is 5.73 Å². The third kappa shape index (κ3) is 4.15. The lowest BCUT2D eigenvalue weighted by atomic mass is 10.0. The average molecular weight is 365 g/mol. The molecule has 1 atom stereocenters. The van der Waals surface area contributed by atoms with Gasteiger partial charge in [-0.3, -0.25) is 4.99 Å². The molecule has 0 radical (unpaired) electrons. The number of nitrogens with zero attached hydrogens (tertiary/aromatic N) is 1. The number of halogens is 1. The van der Waals surface area contributed by atoms with Crippen LogP contribution in [0.1, 0.15) is 17.3 Å². The van der Waals surface area contributed by atoms with Gasteiger partial charge in [0.15, 0.2) is 0 Å². The Labute approximate surface area is 144 Å². The zero-order valence-electron chi connectivity index (χ0n) is 12.6. The van der Waals surface area contributed by atoms with Gasteiger partial charge in [0.25, 0.3) is 0 Å². The second-order valence-corrected chi connectivity index (χ2v) is 6.19. The first-order chi connectivity index (χ1) is 11.2. The van der Waals surface area contributed by atoms with Gasteiger partial charge in [-0.05, 0) is 40.5 Å². The number of aliphatic imine (C=N–C) groups is 1. The van der Waals surface area contributed by atoms with E-state index >= 15 is 0 Å². The Hall–Kier alpha value is -2.23. The molecule has 23 heavy (non-hydrogen) atoms. The van der Waals surface area contributed by atoms with Crippen molar-refractivity contribution in [3.63, 3.8) is 0 Å². The third-order valence-electron chi connectivity index (χ3n) is 3.57. The van der Waals surface area contributed by atoms with Gasteiger partial charge in [-0.25, -0.2) is 0 Å². The average Bonchev–Trinajstić information content (AvgIpc) is 2.61. The van der Waals surface area contributed by atoms with Crippen LogP contribution in [0.25, 0.3) is 11.1 Å². The van der Waals surface area contributed by atoms with Gasteiger partial charge in [-0.15, -0.1) is 0 Å². The molecule has 0 amide bonds. The Morgan fingerprint density at radius 1 is 0.826 bits per heavy atom. The monoisotopic (exact) mass is 364 g/mol. The molecule has 2 nitrogen and oxygen atoms in total. The maximum atomic E-state index is 6.11. The van der Waals surface area contributed by atoms with Crippen molar-refractivity contribution in [3.05, 3.63) is 94.5 Å². The highest BCUT2D eigenvalue weighted by Crippen LogP contribution is 2.23. The summed E-state index contributed by atoms with van der Waals surface area (Å²) in [4.78, 5) is 4.46. The van der Waals surface area contributed by atoms with Crippen LogP contribution in [0.15, 0.2) is 88.3 Å². The Morgan fingerprint density at radius 3 is 2.26 bits per heavy atom. The summed E-state index contributed by atoms with van der Waals surface area (Å²) in [5.74, 6) is 0. The molecule has 2 N–H and O–H groups in total. The number of hydrogen-bond acceptors (Lipinski definition) is 2. The molecule has 0 aliphatic heterocycles. The van der Waals surface area contributed by atoms with Crippen molar-refractivity contribution >= 4 is 22.1 Å². The summed E-state index contributed by atoms with van der Waals surface area (Å²) in [6, 6.07) is 26.4. The molecular formula is C20H17BrN2. The fraction of sp³-hybridized carbons (Fsp3) is 0.0500. The first-order valence-electron chi connectivity index (χ1n) is 7.42. The van der Waals surface area contributed by atoms with Gasteiger partial charge in [-0.1, -0.05) is 76.6 Å². The van der Waals surface area contributed by atoms with E-state index in [1.54, 1.807) is 0 Å². The van der Waals surface area contributed by atoms with Crippen molar-refractivity contribution in [3.8, 4) is 11.1 Å². The standard InChI is InChI=1S/C20H17BrN2/c21-19-11-5-10-18(13-19)17-9-4-6-15(12-17)14-23-20(22)16-7-2-1-3-8-16/h1-14,20H,22H2. The molecule has 3 rings (SSSR count). The van der Waals surface area contributed by atoms with Crippen molar-refractivity contribution in [1.82, 2.24) is 0 Å². The second kappa shape index (κ2) is 7.36. The first kappa shape index (κ1) is 15.7. The molecule has 0 aliphatic carbocycles. The van der Waals surface area contributed by atoms with E-state index in [1.807, 2.05) is 60.8 Å². The molecule has 1 unspecified atom stereocenters. The highest BCUT2D eigenvalue weighted by Gasteiger charge is 2.02. The summed E-state index contributed by atoms with van der Waals surface area (Å²) in [6.45, 7) is 0. The molecule has 0 aliphatic rings. The topological polar surface area (TPSA) is 38.4 Å². The molecule has 3 aromatic rings. The predicted octanol–water partition coefficient (Wildman–Crippen LogP) is 5.19. The second-order valence-electron chi connectivity index (χ2n) is 5.27. The van der Waals surface area contributed by atoms with E-state index in [1.165, 1.54) is 5.56 Å². The predicted molar refractivity (Wildman–Crippen MR) is 101 cm³/mol. The van der Waals surface area contributed by atoms with Crippen molar-refractivity contribution in [2.24, 2.45) is 10.7 Å². The Bertz CT molecular complexity index is 813. The minimum atomic E-state index is -0.342. The van der Waals surface area contributed by atoms with Gasteiger partial charge in [0.1, 0.15) is 6.17 Å². The lowest BCUT2D eigenvalue weighted by Gasteiger charge is -2.07. The quantitative estimate of drug-likeness (QED) is 0.635. The molecule has 0 aromatic heterocycles. The summed E-state index contributed by atoms with van der Waals surface area (Å²) in [7, 11) is 0. The normalized spacial score (nSPS) is 12.4. The van der Waals surface area contributed by atoms with Crippen LogP contribution in [-0.2, 0) is 0 Å². The van der Waals surface area contributed by atoms with Gasteiger partial charge in [0.2, 0.25) is 0 Å². The van der Waals surface area contributed by atoms with Gasteiger partial charge in [-0.2, -0.15) is 0 Å². The highest BCUT2D eigenvalue weighted by molar-refractivity contribution is 9.10. The number of rotatable bonds is 4. The van der Waals surface area contributed by atoms with E-state index in [4.69, 9.17) is 5.73 Å². The number of nitrogens with two attached hydrogens (primary N) is 1. The van der Waals surface area contributed by atoms with Crippen LogP contribution >= 0.6 is 15.9 Å². The minimum Gasteiger partial charge on any atom is -0.306 e. The summed E-state index contributed by atoms with van der Waals surface area (Å²) < 4.78 is 1.07. The lowest BCUT2D eigenvalue weighted by Crippen LogP contribution is -2.07. The van der Waals surface area contributed by atoms with Crippen molar-refractivity contribution < 1.29 is 0 Å². The molecule has 0 bridgehead atoms. The SMILES string of the molecule is NC(N=Cc1cccc(-c2cccc(Br)c2)c1)c1ccccc1. The van der Waals surface area contributed by atoms with Crippen molar-refractivity contribution in [2.75, 3.05) is 0 Å². The molecular weight excluding hydrogens is 348 g/mol. The van der Waals surface area contributed by atoms with E-state index in [-0.39, 0.29) is 6.17 Å². The fourth-order valence-corrected chi connectivity index (χ4v) is 2.77. The highest BCUT2D eigenvalue weighted by atomic mass is 79.9. The molecule has 0 fully saturated rings. The van der Waals surface area contributed by atoms with E-state index in [9.17, 15) is 0 Å². The summed E-state index contributed by atoms with van der Waals surface area (Å²) in [5.41, 5.74) is 10.5. The van der Waals surface area contributed by atoms with Crippen LogP contribution in [0.3, 0.4) is 0 Å².